The summed E-state index contributed by atoms with van der Waals surface area (Å²) in [6.45, 7) is 4.16. The van der Waals surface area contributed by atoms with Crippen molar-refractivity contribution in [3.63, 3.8) is 0 Å². The van der Waals surface area contributed by atoms with Crippen LogP contribution in [-0.4, -0.2) is 26.7 Å². The van der Waals surface area contributed by atoms with E-state index in [-0.39, 0.29) is 17.2 Å². The van der Waals surface area contributed by atoms with Gasteiger partial charge in [0.1, 0.15) is 0 Å². The van der Waals surface area contributed by atoms with E-state index in [9.17, 15) is 14.7 Å². The highest BCUT2D eigenvalue weighted by Gasteiger charge is 2.39. The highest BCUT2D eigenvalue weighted by Crippen LogP contribution is 2.42. The molecule has 3 aliphatic rings. The molecule has 1 aliphatic carbocycles. The first-order chi connectivity index (χ1) is 12.5. The Morgan fingerprint density at radius 1 is 1.31 bits per heavy atom. The molecule has 2 aliphatic heterocycles. The topological polar surface area (TPSA) is 84.2 Å². The minimum Gasteiger partial charge on any atom is -0.478 e. The standard InChI is InChI=1S/C19H23N3O3S/c1-10(2)14-9-20-19(26-14)22-15(23)8-7-13(18(24)25)17(22)16-11-3-5-12(21-16)6-4-11/h7-12,16,21H,3-6H2,1-2H3,(H,24,25). The third-order valence-corrected chi connectivity index (χ3v) is 6.87. The number of fused-ring (bicyclic) bond motifs is 3. The van der Waals surface area contributed by atoms with Crippen molar-refractivity contribution in [2.24, 2.45) is 5.92 Å². The summed E-state index contributed by atoms with van der Waals surface area (Å²) >= 11 is 1.46. The summed E-state index contributed by atoms with van der Waals surface area (Å²) in [5, 5.41) is 13.9. The molecule has 2 saturated heterocycles. The van der Waals surface area contributed by atoms with Crippen LogP contribution >= 0.6 is 11.3 Å². The number of rotatable bonds is 4. The van der Waals surface area contributed by atoms with Crippen LogP contribution in [0.25, 0.3) is 5.13 Å². The number of carbonyl (C=O) groups is 1. The molecule has 7 heteroatoms. The molecule has 2 bridgehead atoms. The van der Waals surface area contributed by atoms with Gasteiger partial charge < -0.3 is 10.4 Å². The summed E-state index contributed by atoms with van der Waals surface area (Å²) in [4.78, 5) is 30.2. The lowest BCUT2D eigenvalue weighted by Gasteiger charge is -2.44. The first kappa shape index (κ1) is 17.4. The molecule has 1 saturated carbocycles. The Balaban J connectivity index is 1.91. The van der Waals surface area contributed by atoms with E-state index >= 15 is 0 Å². The van der Waals surface area contributed by atoms with Gasteiger partial charge in [0.05, 0.1) is 17.3 Å². The van der Waals surface area contributed by atoms with Gasteiger partial charge in [0.15, 0.2) is 5.13 Å². The van der Waals surface area contributed by atoms with Crippen LogP contribution in [0.3, 0.4) is 0 Å². The number of nitrogens with one attached hydrogen (secondary N) is 1. The lowest BCUT2D eigenvalue weighted by molar-refractivity contribution is 0.0688. The summed E-state index contributed by atoms with van der Waals surface area (Å²) in [7, 11) is 0. The Morgan fingerprint density at radius 3 is 2.58 bits per heavy atom. The Bertz CT molecular complexity index is 894. The second-order valence-electron chi connectivity index (χ2n) is 7.57. The minimum atomic E-state index is -1.00. The van der Waals surface area contributed by atoms with E-state index in [1.807, 2.05) is 0 Å². The molecule has 0 spiro atoms. The first-order valence-corrected chi connectivity index (χ1v) is 9.98. The Hall–Kier alpha value is -1.99. The van der Waals surface area contributed by atoms with E-state index < -0.39 is 5.97 Å². The molecule has 0 aromatic carbocycles. The van der Waals surface area contributed by atoms with Gasteiger partial charge in [0.25, 0.3) is 5.56 Å². The van der Waals surface area contributed by atoms with Crippen molar-refractivity contribution in [2.75, 3.05) is 0 Å². The average molecular weight is 373 g/mol. The number of carboxylic acid groups (broad SMARTS) is 1. The maximum absolute atomic E-state index is 12.8. The van der Waals surface area contributed by atoms with Gasteiger partial charge in [-0.25, -0.2) is 9.78 Å². The van der Waals surface area contributed by atoms with E-state index in [2.05, 4.69) is 24.1 Å². The second kappa shape index (κ2) is 6.63. The predicted molar refractivity (Wildman–Crippen MR) is 100 cm³/mol. The summed E-state index contributed by atoms with van der Waals surface area (Å²) in [5.41, 5.74) is 0.526. The number of nitrogens with zero attached hydrogens (tertiary/aromatic N) is 2. The van der Waals surface area contributed by atoms with E-state index in [0.29, 0.717) is 28.7 Å². The summed E-state index contributed by atoms with van der Waals surface area (Å²) in [6, 6.07) is 3.06. The summed E-state index contributed by atoms with van der Waals surface area (Å²) < 4.78 is 1.53. The molecule has 0 amide bonds. The molecule has 2 aromatic rings. The van der Waals surface area contributed by atoms with Gasteiger partial charge in [-0.3, -0.25) is 9.36 Å². The number of pyridine rings is 1. The van der Waals surface area contributed by atoms with Crippen molar-refractivity contribution in [3.05, 3.63) is 44.8 Å². The Morgan fingerprint density at radius 2 is 2.04 bits per heavy atom. The van der Waals surface area contributed by atoms with E-state index in [1.54, 1.807) is 6.20 Å². The molecule has 2 N–H and O–H groups in total. The van der Waals surface area contributed by atoms with Crippen LogP contribution in [0.5, 0.6) is 0 Å². The molecule has 1 atom stereocenters. The summed E-state index contributed by atoms with van der Waals surface area (Å²) in [6.07, 6.45) is 6.17. The minimum absolute atomic E-state index is 0.117. The number of piperidine rings is 2. The van der Waals surface area contributed by atoms with Crippen LogP contribution in [0.4, 0.5) is 0 Å². The van der Waals surface area contributed by atoms with Crippen LogP contribution in [0.15, 0.2) is 23.1 Å². The van der Waals surface area contributed by atoms with Gasteiger partial charge in [-0.15, -0.1) is 11.3 Å². The number of aromatic nitrogens is 2. The molecule has 3 fully saturated rings. The van der Waals surface area contributed by atoms with E-state index in [1.165, 1.54) is 28.0 Å². The van der Waals surface area contributed by atoms with Gasteiger partial charge >= 0.3 is 5.97 Å². The Kier molecular flexibility index (Phi) is 4.44. The van der Waals surface area contributed by atoms with Crippen molar-refractivity contribution in [3.8, 4) is 5.13 Å². The van der Waals surface area contributed by atoms with Crippen LogP contribution in [-0.2, 0) is 0 Å². The van der Waals surface area contributed by atoms with Crippen molar-refractivity contribution in [1.82, 2.24) is 14.9 Å². The largest absolute Gasteiger partial charge is 0.478 e. The summed E-state index contributed by atoms with van der Waals surface area (Å²) in [5.74, 6) is -0.333. The van der Waals surface area contributed by atoms with Crippen LogP contribution in [0, 0.1) is 5.92 Å². The fourth-order valence-corrected chi connectivity index (χ4v) is 5.13. The fraction of sp³-hybridized carbons (Fsp3) is 0.526. The predicted octanol–water partition coefficient (Wildman–Crippen LogP) is 3.32. The quantitative estimate of drug-likeness (QED) is 0.859. The van der Waals surface area contributed by atoms with Crippen molar-refractivity contribution >= 4 is 17.3 Å². The average Bonchev–Trinajstić information content (AvgIpc) is 3.12. The lowest BCUT2D eigenvalue weighted by Crippen LogP contribution is -2.48. The van der Waals surface area contributed by atoms with Gasteiger partial charge in [-0.2, -0.15) is 0 Å². The molecule has 0 radical (unpaired) electrons. The molecule has 26 heavy (non-hydrogen) atoms. The molecule has 5 rings (SSSR count). The molecule has 2 aromatic heterocycles. The third kappa shape index (κ3) is 2.89. The van der Waals surface area contributed by atoms with E-state index in [0.717, 1.165) is 30.6 Å². The zero-order valence-electron chi connectivity index (χ0n) is 14.9. The van der Waals surface area contributed by atoms with Crippen molar-refractivity contribution in [1.29, 1.82) is 0 Å². The van der Waals surface area contributed by atoms with Gasteiger partial charge in [0.2, 0.25) is 0 Å². The van der Waals surface area contributed by atoms with Crippen molar-refractivity contribution in [2.45, 2.75) is 57.5 Å². The Labute approximate surface area is 155 Å². The van der Waals surface area contributed by atoms with Gasteiger partial charge in [-0.1, -0.05) is 13.8 Å². The molecular weight excluding hydrogens is 350 g/mol. The maximum atomic E-state index is 12.8. The normalized spacial score (nSPS) is 25.0. The van der Waals surface area contributed by atoms with Crippen molar-refractivity contribution < 1.29 is 9.90 Å². The third-order valence-electron chi connectivity index (χ3n) is 5.59. The van der Waals surface area contributed by atoms with Gasteiger partial charge in [0, 0.05) is 23.2 Å². The first-order valence-electron chi connectivity index (χ1n) is 9.17. The fourth-order valence-electron chi connectivity index (χ4n) is 4.20. The van der Waals surface area contributed by atoms with Gasteiger partial charge in [-0.05, 0) is 43.6 Å². The highest BCUT2D eigenvalue weighted by atomic mass is 32.1. The second-order valence-corrected chi connectivity index (χ2v) is 8.61. The number of hydrogen-bond donors (Lipinski definition) is 2. The zero-order valence-corrected chi connectivity index (χ0v) is 15.8. The number of thiazole rings is 1. The number of hydrogen-bond acceptors (Lipinski definition) is 5. The molecule has 4 heterocycles. The smallest absolute Gasteiger partial charge is 0.337 e. The SMILES string of the molecule is CC(C)c1cnc(-n2c(C3NC4CCC3CC4)c(C(=O)O)ccc2=O)s1. The lowest BCUT2D eigenvalue weighted by atomic mass is 9.74. The number of carboxylic acids is 1. The monoisotopic (exact) mass is 373 g/mol. The molecule has 6 nitrogen and oxygen atoms in total. The molecule has 1 unspecified atom stereocenters. The molecular formula is C19H23N3O3S. The van der Waals surface area contributed by atoms with E-state index in [4.69, 9.17) is 0 Å². The van der Waals surface area contributed by atoms with Crippen LogP contribution < -0.4 is 10.9 Å². The van der Waals surface area contributed by atoms with Crippen LogP contribution in [0.2, 0.25) is 0 Å². The molecule has 138 valence electrons. The number of aromatic carboxylic acids is 1. The maximum Gasteiger partial charge on any atom is 0.337 e. The van der Waals surface area contributed by atoms with Crippen LogP contribution in [0.1, 0.15) is 72.4 Å². The zero-order chi connectivity index (χ0) is 18.4. The highest BCUT2D eigenvalue weighted by molar-refractivity contribution is 7.14.